The van der Waals surface area contributed by atoms with E-state index < -0.39 is 0 Å². The molecule has 0 saturated heterocycles. The summed E-state index contributed by atoms with van der Waals surface area (Å²) < 4.78 is 0. The van der Waals surface area contributed by atoms with E-state index in [0.717, 1.165) is 30.6 Å². The second-order valence-corrected chi connectivity index (χ2v) is 7.32. The quantitative estimate of drug-likeness (QED) is 0.690. The Hall–Kier alpha value is -0.0400. The maximum absolute atomic E-state index is 10.4. The lowest BCUT2D eigenvalue weighted by molar-refractivity contribution is 0.0882. The van der Waals surface area contributed by atoms with E-state index in [1.807, 2.05) is 0 Å². The van der Waals surface area contributed by atoms with Crippen LogP contribution >= 0.6 is 0 Å². The Bertz CT molecular complexity index is 230. The Morgan fingerprint density at radius 2 is 1.47 bits per heavy atom. The fraction of sp³-hybridized carbons (Fsp3) is 1.00. The molecule has 2 saturated carbocycles. The van der Waals surface area contributed by atoms with Gasteiger partial charge in [0.15, 0.2) is 0 Å². The van der Waals surface area contributed by atoms with Gasteiger partial charge in [-0.05, 0) is 37.0 Å². The van der Waals surface area contributed by atoms with Crippen molar-refractivity contribution in [2.24, 2.45) is 17.8 Å². The molecule has 0 aromatic rings. The zero-order valence-corrected chi connectivity index (χ0v) is 12.9. The highest BCUT2D eigenvalue weighted by Gasteiger charge is 2.25. The monoisotopic (exact) mass is 266 g/mol. The molecule has 112 valence electrons. The average Bonchev–Trinajstić information content (AvgIpc) is 2.40. The molecular formula is C18H34O. The molecule has 2 fully saturated rings. The first kappa shape index (κ1) is 15.4. The van der Waals surface area contributed by atoms with Crippen molar-refractivity contribution in [3.05, 3.63) is 0 Å². The molecule has 2 aliphatic carbocycles. The summed E-state index contributed by atoms with van der Waals surface area (Å²) >= 11 is 0. The Balaban J connectivity index is 1.67. The summed E-state index contributed by atoms with van der Waals surface area (Å²) in [6.45, 7) is 2.31. The normalized spacial score (nSPS) is 31.3. The van der Waals surface area contributed by atoms with E-state index in [1.165, 1.54) is 70.6 Å². The van der Waals surface area contributed by atoms with Gasteiger partial charge >= 0.3 is 0 Å². The van der Waals surface area contributed by atoms with Gasteiger partial charge in [-0.15, -0.1) is 0 Å². The summed E-state index contributed by atoms with van der Waals surface area (Å²) in [7, 11) is 0. The van der Waals surface area contributed by atoms with Crippen molar-refractivity contribution in [1.82, 2.24) is 0 Å². The highest BCUT2D eigenvalue weighted by molar-refractivity contribution is 4.77. The van der Waals surface area contributed by atoms with Gasteiger partial charge in [-0.25, -0.2) is 0 Å². The van der Waals surface area contributed by atoms with Crippen molar-refractivity contribution in [1.29, 1.82) is 0 Å². The van der Waals surface area contributed by atoms with Crippen molar-refractivity contribution in [3.63, 3.8) is 0 Å². The number of hydrogen-bond donors (Lipinski definition) is 1. The molecule has 0 bridgehead atoms. The minimum Gasteiger partial charge on any atom is -0.393 e. The highest BCUT2D eigenvalue weighted by Crippen LogP contribution is 2.36. The number of hydrogen-bond acceptors (Lipinski definition) is 1. The van der Waals surface area contributed by atoms with Crippen LogP contribution in [-0.4, -0.2) is 11.2 Å². The Morgan fingerprint density at radius 1 is 0.842 bits per heavy atom. The molecule has 1 heteroatoms. The summed E-state index contributed by atoms with van der Waals surface area (Å²) in [6, 6.07) is 0. The smallest absolute Gasteiger partial charge is 0.0545 e. The van der Waals surface area contributed by atoms with Gasteiger partial charge in [0.25, 0.3) is 0 Å². The van der Waals surface area contributed by atoms with E-state index in [-0.39, 0.29) is 6.10 Å². The molecule has 0 spiro atoms. The number of rotatable bonds is 6. The molecule has 0 radical (unpaired) electrons. The highest BCUT2D eigenvalue weighted by atomic mass is 16.3. The lowest BCUT2D eigenvalue weighted by Gasteiger charge is -2.31. The average molecular weight is 266 g/mol. The van der Waals surface area contributed by atoms with Crippen LogP contribution in [0, 0.1) is 17.8 Å². The van der Waals surface area contributed by atoms with E-state index in [9.17, 15) is 5.11 Å². The van der Waals surface area contributed by atoms with E-state index in [4.69, 9.17) is 0 Å². The first-order valence-electron chi connectivity index (χ1n) is 8.96. The summed E-state index contributed by atoms with van der Waals surface area (Å²) in [4.78, 5) is 0. The van der Waals surface area contributed by atoms with Crippen molar-refractivity contribution < 1.29 is 5.11 Å². The van der Waals surface area contributed by atoms with Crippen molar-refractivity contribution >= 4 is 0 Å². The second kappa shape index (κ2) is 8.29. The van der Waals surface area contributed by atoms with Gasteiger partial charge in [-0.2, -0.15) is 0 Å². The largest absolute Gasteiger partial charge is 0.393 e. The molecular weight excluding hydrogens is 232 g/mol. The Kier molecular flexibility index (Phi) is 6.70. The fourth-order valence-electron chi connectivity index (χ4n) is 4.58. The maximum atomic E-state index is 10.4. The molecule has 2 unspecified atom stereocenters. The van der Waals surface area contributed by atoms with Gasteiger partial charge in [0.1, 0.15) is 0 Å². The molecule has 19 heavy (non-hydrogen) atoms. The van der Waals surface area contributed by atoms with Crippen LogP contribution in [0.4, 0.5) is 0 Å². The topological polar surface area (TPSA) is 20.2 Å². The first-order valence-corrected chi connectivity index (χ1v) is 8.96. The third kappa shape index (κ3) is 5.45. The van der Waals surface area contributed by atoms with Crippen LogP contribution in [0.2, 0.25) is 0 Å². The fourth-order valence-corrected chi connectivity index (χ4v) is 4.58. The molecule has 0 aromatic heterocycles. The Morgan fingerprint density at radius 3 is 2.21 bits per heavy atom. The molecule has 2 aliphatic rings. The standard InChI is InChI=1S/C18H34O/c1-2-7-15-10-6-11-17(12-15)14-18(19)13-16-8-4-3-5-9-16/h15-19H,2-14H2,1H3/t15?,17-,18?/m0/s1. The van der Waals surface area contributed by atoms with Crippen molar-refractivity contribution in [2.45, 2.75) is 96.5 Å². The van der Waals surface area contributed by atoms with Crippen LogP contribution in [-0.2, 0) is 0 Å². The molecule has 1 N–H and O–H groups in total. The van der Waals surface area contributed by atoms with Gasteiger partial charge < -0.3 is 5.11 Å². The van der Waals surface area contributed by atoms with Crippen LogP contribution in [0.15, 0.2) is 0 Å². The van der Waals surface area contributed by atoms with Gasteiger partial charge in [0, 0.05) is 0 Å². The van der Waals surface area contributed by atoms with Crippen molar-refractivity contribution in [3.8, 4) is 0 Å². The van der Waals surface area contributed by atoms with Crippen molar-refractivity contribution in [2.75, 3.05) is 0 Å². The lowest BCUT2D eigenvalue weighted by Crippen LogP contribution is -2.23. The van der Waals surface area contributed by atoms with E-state index in [2.05, 4.69) is 6.92 Å². The van der Waals surface area contributed by atoms with Gasteiger partial charge in [-0.3, -0.25) is 0 Å². The molecule has 3 atom stereocenters. The van der Waals surface area contributed by atoms with E-state index in [0.29, 0.717) is 0 Å². The molecule has 1 nitrogen and oxygen atoms in total. The Labute approximate surface area is 120 Å². The van der Waals surface area contributed by atoms with Crippen LogP contribution < -0.4 is 0 Å². The third-order valence-corrected chi connectivity index (χ3v) is 5.52. The zero-order valence-electron chi connectivity index (χ0n) is 12.9. The third-order valence-electron chi connectivity index (χ3n) is 5.52. The van der Waals surface area contributed by atoms with Gasteiger partial charge in [-0.1, -0.05) is 71.1 Å². The van der Waals surface area contributed by atoms with E-state index in [1.54, 1.807) is 0 Å². The summed E-state index contributed by atoms with van der Waals surface area (Å²) in [6.07, 6.45) is 17.5. The molecule has 0 amide bonds. The summed E-state index contributed by atoms with van der Waals surface area (Å²) in [5.74, 6) is 2.62. The second-order valence-electron chi connectivity index (χ2n) is 7.32. The van der Waals surface area contributed by atoms with Gasteiger partial charge in [0.2, 0.25) is 0 Å². The molecule has 0 aliphatic heterocycles. The molecule has 0 heterocycles. The number of aliphatic hydroxyl groups is 1. The summed E-state index contributed by atoms with van der Waals surface area (Å²) in [5.41, 5.74) is 0. The summed E-state index contributed by atoms with van der Waals surface area (Å²) in [5, 5.41) is 10.4. The van der Waals surface area contributed by atoms with Gasteiger partial charge in [0.05, 0.1) is 6.10 Å². The minimum absolute atomic E-state index is 0.00604. The SMILES string of the molecule is CCCC1CCC[C@H](CC(O)CC2CCCCC2)C1. The van der Waals surface area contributed by atoms with Crippen LogP contribution in [0.5, 0.6) is 0 Å². The van der Waals surface area contributed by atoms with Crippen LogP contribution in [0.3, 0.4) is 0 Å². The molecule has 2 rings (SSSR count). The lowest BCUT2D eigenvalue weighted by atomic mass is 9.76. The minimum atomic E-state index is -0.00604. The van der Waals surface area contributed by atoms with Crippen LogP contribution in [0.25, 0.3) is 0 Å². The predicted molar refractivity (Wildman–Crippen MR) is 82.2 cm³/mol. The van der Waals surface area contributed by atoms with Crippen LogP contribution in [0.1, 0.15) is 90.4 Å². The predicted octanol–water partition coefficient (Wildman–Crippen LogP) is 5.31. The molecule has 0 aromatic carbocycles. The zero-order chi connectivity index (χ0) is 13.5. The number of aliphatic hydroxyl groups excluding tert-OH is 1. The maximum Gasteiger partial charge on any atom is 0.0545 e. The first-order chi connectivity index (χ1) is 9.28. The van der Waals surface area contributed by atoms with E-state index >= 15 is 0 Å².